The molecule has 2 aromatic rings. The normalized spacial score (nSPS) is 18.4. The molecule has 1 amide bonds. The van der Waals surface area contributed by atoms with Crippen LogP contribution >= 0.6 is 11.6 Å². The third kappa shape index (κ3) is 4.34. The van der Waals surface area contributed by atoms with Gasteiger partial charge in [-0.25, -0.2) is 9.40 Å². The first-order chi connectivity index (χ1) is 13.6. The van der Waals surface area contributed by atoms with Gasteiger partial charge < -0.3 is 4.90 Å². The summed E-state index contributed by atoms with van der Waals surface area (Å²) in [4.78, 5) is 16.9. The van der Waals surface area contributed by atoms with E-state index in [1.165, 1.54) is 12.1 Å². The molecule has 0 unspecified atom stereocenters. The van der Waals surface area contributed by atoms with Gasteiger partial charge in [-0.15, -0.1) is 0 Å². The Balaban J connectivity index is 1.39. The molecule has 0 aliphatic carbocycles. The van der Waals surface area contributed by atoms with E-state index in [4.69, 9.17) is 11.6 Å². The van der Waals surface area contributed by atoms with Crippen LogP contribution in [-0.4, -0.2) is 54.4 Å². The van der Waals surface area contributed by atoms with Crippen LogP contribution < -0.4 is 4.90 Å². The molecule has 4 rings (SSSR count). The van der Waals surface area contributed by atoms with Crippen LogP contribution in [0.25, 0.3) is 0 Å². The van der Waals surface area contributed by atoms with E-state index in [1.807, 2.05) is 18.2 Å². The Labute approximate surface area is 169 Å². The van der Waals surface area contributed by atoms with Crippen LogP contribution in [0.1, 0.15) is 18.4 Å². The third-order valence-corrected chi connectivity index (χ3v) is 5.40. The second kappa shape index (κ2) is 8.29. The molecule has 5 nitrogen and oxygen atoms in total. The summed E-state index contributed by atoms with van der Waals surface area (Å²) < 4.78 is 13.2. The SMILES string of the molecule is O=C1CCC(c2ccc(F)cc2)=NN1CN1CCN(c2cccc(Cl)c2)CC1. The predicted molar refractivity (Wildman–Crippen MR) is 109 cm³/mol. The first-order valence-electron chi connectivity index (χ1n) is 9.45. The number of benzene rings is 2. The summed E-state index contributed by atoms with van der Waals surface area (Å²) in [5, 5.41) is 6.84. The van der Waals surface area contributed by atoms with E-state index in [9.17, 15) is 9.18 Å². The smallest absolute Gasteiger partial charge is 0.244 e. The van der Waals surface area contributed by atoms with Gasteiger partial charge >= 0.3 is 0 Å². The summed E-state index contributed by atoms with van der Waals surface area (Å²) >= 11 is 6.09. The Morgan fingerprint density at radius 1 is 1.00 bits per heavy atom. The molecule has 146 valence electrons. The van der Waals surface area contributed by atoms with Crippen molar-refractivity contribution in [3.8, 4) is 0 Å². The average Bonchev–Trinajstić information content (AvgIpc) is 2.71. The van der Waals surface area contributed by atoms with E-state index >= 15 is 0 Å². The molecule has 0 atom stereocenters. The van der Waals surface area contributed by atoms with E-state index in [1.54, 1.807) is 17.1 Å². The number of halogens is 2. The fourth-order valence-corrected chi connectivity index (χ4v) is 3.75. The Morgan fingerprint density at radius 3 is 2.46 bits per heavy atom. The summed E-state index contributed by atoms with van der Waals surface area (Å²) in [5.74, 6) is -0.242. The Morgan fingerprint density at radius 2 is 1.75 bits per heavy atom. The maximum absolute atomic E-state index is 13.2. The molecule has 0 radical (unpaired) electrons. The van der Waals surface area contributed by atoms with E-state index in [2.05, 4.69) is 21.0 Å². The molecule has 2 aliphatic heterocycles. The molecule has 1 saturated heterocycles. The minimum atomic E-state index is -0.273. The van der Waals surface area contributed by atoms with Crippen molar-refractivity contribution in [2.45, 2.75) is 12.8 Å². The highest BCUT2D eigenvalue weighted by Gasteiger charge is 2.25. The maximum atomic E-state index is 13.2. The van der Waals surface area contributed by atoms with Crippen LogP contribution in [0, 0.1) is 5.82 Å². The number of carbonyl (C=O) groups is 1. The molecular formula is C21H22ClFN4O. The first-order valence-corrected chi connectivity index (χ1v) is 9.83. The molecule has 28 heavy (non-hydrogen) atoms. The van der Waals surface area contributed by atoms with Crippen LogP contribution in [0.3, 0.4) is 0 Å². The summed E-state index contributed by atoms with van der Waals surface area (Å²) in [5.41, 5.74) is 2.82. The van der Waals surface area contributed by atoms with Crippen molar-refractivity contribution in [1.82, 2.24) is 9.91 Å². The molecule has 0 saturated carbocycles. The number of hydrogen-bond acceptors (Lipinski definition) is 4. The highest BCUT2D eigenvalue weighted by molar-refractivity contribution is 6.30. The molecule has 2 heterocycles. The standard InChI is InChI=1S/C21H22ClFN4O/c22-17-2-1-3-19(14-17)26-12-10-25(11-13-26)15-27-21(28)9-8-20(24-27)16-4-6-18(23)7-5-16/h1-7,14H,8-13,15H2. The predicted octanol–water partition coefficient (Wildman–Crippen LogP) is 3.59. The van der Waals surface area contributed by atoms with Crippen molar-refractivity contribution >= 4 is 28.9 Å². The molecule has 2 aliphatic rings. The second-order valence-corrected chi connectivity index (χ2v) is 7.51. The molecule has 2 aromatic carbocycles. The average molecular weight is 401 g/mol. The van der Waals surface area contributed by atoms with Crippen molar-refractivity contribution in [2.24, 2.45) is 5.10 Å². The van der Waals surface area contributed by atoms with Gasteiger partial charge in [0.15, 0.2) is 0 Å². The van der Waals surface area contributed by atoms with Crippen LogP contribution in [0.5, 0.6) is 0 Å². The van der Waals surface area contributed by atoms with Crippen molar-refractivity contribution in [1.29, 1.82) is 0 Å². The third-order valence-electron chi connectivity index (χ3n) is 5.16. The lowest BCUT2D eigenvalue weighted by Gasteiger charge is -2.38. The number of amides is 1. The van der Waals surface area contributed by atoms with E-state index in [0.29, 0.717) is 19.5 Å². The van der Waals surface area contributed by atoms with Crippen LogP contribution in [0.2, 0.25) is 5.02 Å². The highest BCUT2D eigenvalue weighted by Crippen LogP contribution is 2.21. The zero-order chi connectivity index (χ0) is 19.5. The number of rotatable bonds is 4. The Bertz CT molecular complexity index is 878. The van der Waals surface area contributed by atoms with Crippen molar-refractivity contribution < 1.29 is 9.18 Å². The quantitative estimate of drug-likeness (QED) is 0.787. The van der Waals surface area contributed by atoms with Gasteiger partial charge in [-0.3, -0.25) is 9.69 Å². The fraction of sp³-hybridized carbons (Fsp3) is 0.333. The molecule has 7 heteroatoms. The summed E-state index contributed by atoms with van der Waals surface area (Å²) in [7, 11) is 0. The summed E-state index contributed by atoms with van der Waals surface area (Å²) in [6.07, 6.45) is 1.02. The summed E-state index contributed by atoms with van der Waals surface area (Å²) in [6.45, 7) is 3.91. The van der Waals surface area contributed by atoms with Crippen molar-refractivity contribution in [3.63, 3.8) is 0 Å². The lowest BCUT2D eigenvalue weighted by molar-refractivity contribution is -0.134. The number of piperazine rings is 1. The van der Waals surface area contributed by atoms with Crippen LogP contribution in [0.15, 0.2) is 53.6 Å². The van der Waals surface area contributed by atoms with E-state index in [0.717, 1.165) is 48.2 Å². The maximum Gasteiger partial charge on any atom is 0.244 e. The van der Waals surface area contributed by atoms with Gasteiger partial charge in [0.1, 0.15) is 5.82 Å². The largest absolute Gasteiger partial charge is 0.369 e. The Hall–Kier alpha value is -2.44. The second-order valence-electron chi connectivity index (χ2n) is 7.07. The molecule has 0 spiro atoms. The van der Waals surface area contributed by atoms with E-state index in [-0.39, 0.29) is 11.7 Å². The number of nitrogens with zero attached hydrogens (tertiary/aromatic N) is 4. The number of carbonyl (C=O) groups excluding carboxylic acids is 1. The topological polar surface area (TPSA) is 39.2 Å². The highest BCUT2D eigenvalue weighted by atomic mass is 35.5. The van der Waals surface area contributed by atoms with Crippen LogP contribution in [-0.2, 0) is 4.79 Å². The van der Waals surface area contributed by atoms with Crippen molar-refractivity contribution in [3.05, 3.63) is 64.9 Å². The van der Waals surface area contributed by atoms with Gasteiger partial charge in [0, 0.05) is 49.7 Å². The van der Waals surface area contributed by atoms with Gasteiger partial charge in [-0.05, 0) is 35.9 Å². The minimum absolute atomic E-state index is 0.0307. The number of anilines is 1. The molecule has 0 bridgehead atoms. The lowest BCUT2D eigenvalue weighted by atomic mass is 10.0. The van der Waals surface area contributed by atoms with Crippen molar-refractivity contribution in [2.75, 3.05) is 37.7 Å². The number of hydrogen-bond donors (Lipinski definition) is 0. The number of hydrazone groups is 1. The van der Waals surface area contributed by atoms with Gasteiger partial charge in [-0.1, -0.05) is 29.8 Å². The van der Waals surface area contributed by atoms with Gasteiger partial charge in [0.2, 0.25) is 5.91 Å². The molecular weight excluding hydrogens is 379 g/mol. The zero-order valence-corrected chi connectivity index (χ0v) is 16.3. The molecule has 0 N–H and O–H groups in total. The van der Waals surface area contributed by atoms with Gasteiger partial charge in [-0.2, -0.15) is 5.10 Å². The molecule has 1 fully saturated rings. The summed E-state index contributed by atoms with van der Waals surface area (Å²) in [6, 6.07) is 14.2. The zero-order valence-electron chi connectivity index (χ0n) is 15.5. The van der Waals surface area contributed by atoms with Gasteiger partial charge in [0.05, 0.1) is 12.4 Å². The van der Waals surface area contributed by atoms with E-state index < -0.39 is 0 Å². The van der Waals surface area contributed by atoms with Crippen LogP contribution in [0.4, 0.5) is 10.1 Å². The minimum Gasteiger partial charge on any atom is -0.369 e. The lowest BCUT2D eigenvalue weighted by Crippen LogP contribution is -2.50. The fourth-order valence-electron chi connectivity index (χ4n) is 3.57. The Kier molecular flexibility index (Phi) is 5.59. The van der Waals surface area contributed by atoms with Gasteiger partial charge in [0.25, 0.3) is 0 Å². The monoisotopic (exact) mass is 400 g/mol. The molecule has 0 aromatic heterocycles. The first kappa shape index (κ1) is 18.9.